The van der Waals surface area contributed by atoms with Crippen LogP contribution < -0.4 is 0 Å². The summed E-state index contributed by atoms with van der Waals surface area (Å²) in [5, 5.41) is 0. The number of ether oxygens (including phenoxy) is 1. The van der Waals surface area contributed by atoms with Gasteiger partial charge in [0, 0.05) is 6.42 Å². The number of Topliss-reactive ketones (excluding diaryl/α,β-unsaturated/α-hetero) is 1. The number of hydrogen-bond acceptors (Lipinski definition) is 3. The molecule has 0 aromatic rings. The van der Waals surface area contributed by atoms with Gasteiger partial charge in [-0.25, -0.2) is 0 Å². The lowest BCUT2D eigenvalue weighted by Crippen LogP contribution is -2.41. The molecule has 0 fully saturated rings. The normalized spacial score (nSPS) is 12.6. The summed E-state index contributed by atoms with van der Waals surface area (Å²) in [5.41, 5.74) is -0.920. The van der Waals surface area contributed by atoms with Gasteiger partial charge in [-0.1, -0.05) is 304 Å². The van der Waals surface area contributed by atoms with E-state index in [2.05, 4.69) is 27.7 Å². The average Bonchev–Trinajstić information content (AvgIpc) is 3.24. The molecule has 0 aliphatic carbocycles. The Bertz CT molecular complexity index is 837. The Labute approximate surface area is 372 Å². The number of ketones is 1. The van der Waals surface area contributed by atoms with E-state index in [1.54, 1.807) is 0 Å². The first-order chi connectivity index (χ1) is 29.1. The Morgan fingerprint density at radius 3 is 0.780 bits per heavy atom. The summed E-state index contributed by atoms with van der Waals surface area (Å²) in [4.78, 5) is 28.6. The molecule has 0 N–H and O–H groups in total. The minimum absolute atomic E-state index is 0.164. The van der Waals surface area contributed by atoms with Gasteiger partial charge in [-0.2, -0.15) is 0 Å². The van der Waals surface area contributed by atoms with Crippen LogP contribution in [0.15, 0.2) is 0 Å². The summed E-state index contributed by atoms with van der Waals surface area (Å²) in [6, 6.07) is 0. The van der Waals surface area contributed by atoms with Gasteiger partial charge >= 0.3 is 5.97 Å². The zero-order valence-corrected chi connectivity index (χ0v) is 41.4. The van der Waals surface area contributed by atoms with Gasteiger partial charge in [-0.15, -0.1) is 0 Å². The van der Waals surface area contributed by atoms with Crippen LogP contribution in [0.1, 0.15) is 336 Å². The lowest BCUT2D eigenvalue weighted by atomic mass is 9.73. The number of carbonyl (C=O) groups excluding carboxylic acids is 2. The maximum absolute atomic E-state index is 14.4. The lowest BCUT2D eigenvalue weighted by Gasteiger charge is -2.31. The van der Waals surface area contributed by atoms with Crippen LogP contribution in [0.25, 0.3) is 0 Å². The highest BCUT2D eigenvalue weighted by Crippen LogP contribution is 2.37. The molecule has 0 spiro atoms. The maximum atomic E-state index is 14.4. The Hall–Kier alpha value is -0.860. The van der Waals surface area contributed by atoms with Crippen LogP contribution in [0.5, 0.6) is 0 Å². The molecule has 0 aromatic carbocycles. The van der Waals surface area contributed by atoms with Gasteiger partial charge < -0.3 is 4.74 Å². The van der Waals surface area contributed by atoms with Crippen molar-refractivity contribution in [2.75, 3.05) is 6.61 Å². The molecule has 352 valence electrons. The Balaban J connectivity index is 5.01. The molecule has 0 aliphatic rings. The Kier molecular flexibility index (Phi) is 47.5. The molecule has 0 radical (unpaired) electrons. The Morgan fingerprint density at radius 2 is 0.508 bits per heavy atom. The monoisotopic (exact) mass is 831 g/mol. The quantitative estimate of drug-likeness (QED) is 0.0348. The van der Waals surface area contributed by atoms with E-state index < -0.39 is 5.41 Å². The molecule has 1 unspecified atom stereocenters. The van der Waals surface area contributed by atoms with Crippen LogP contribution in [0.4, 0.5) is 0 Å². The molecule has 59 heavy (non-hydrogen) atoms. The maximum Gasteiger partial charge on any atom is 0.319 e. The van der Waals surface area contributed by atoms with E-state index in [-0.39, 0.29) is 11.8 Å². The first kappa shape index (κ1) is 58.1. The van der Waals surface area contributed by atoms with E-state index in [0.717, 1.165) is 51.4 Å². The van der Waals surface area contributed by atoms with E-state index >= 15 is 0 Å². The van der Waals surface area contributed by atoms with Crippen molar-refractivity contribution in [3.05, 3.63) is 0 Å². The fourth-order valence-electron chi connectivity index (χ4n) is 9.34. The highest BCUT2D eigenvalue weighted by atomic mass is 16.5. The third-order valence-electron chi connectivity index (χ3n) is 13.6. The molecule has 0 bridgehead atoms. The largest absolute Gasteiger partial charge is 0.465 e. The summed E-state index contributed by atoms with van der Waals surface area (Å²) >= 11 is 0. The van der Waals surface area contributed by atoms with Crippen LogP contribution >= 0.6 is 0 Å². The second-order valence-corrected chi connectivity index (χ2v) is 19.4. The molecule has 0 aliphatic heterocycles. The minimum Gasteiger partial charge on any atom is -0.465 e. The topological polar surface area (TPSA) is 43.4 Å². The third kappa shape index (κ3) is 38.5. The molecule has 0 aromatic heterocycles. The molecular formula is C56H110O3. The molecule has 3 nitrogen and oxygen atoms in total. The van der Waals surface area contributed by atoms with E-state index in [9.17, 15) is 9.59 Å². The van der Waals surface area contributed by atoms with Crippen molar-refractivity contribution >= 4 is 11.8 Å². The van der Waals surface area contributed by atoms with E-state index in [0.29, 0.717) is 25.9 Å². The van der Waals surface area contributed by atoms with E-state index in [4.69, 9.17) is 4.74 Å². The van der Waals surface area contributed by atoms with Gasteiger partial charge in [-0.3, -0.25) is 9.59 Å². The smallest absolute Gasteiger partial charge is 0.319 e. The molecule has 0 heterocycles. The van der Waals surface area contributed by atoms with Crippen molar-refractivity contribution in [3.8, 4) is 0 Å². The molecule has 0 saturated heterocycles. The second-order valence-electron chi connectivity index (χ2n) is 19.4. The van der Waals surface area contributed by atoms with Crippen molar-refractivity contribution in [1.82, 2.24) is 0 Å². The van der Waals surface area contributed by atoms with Gasteiger partial charge in [0.05, 0.1) is 6.61 Å². The number of carbonyl (C=O) groups is 2. The SMILES string of the molecule is CCCCCCCCCCCCCCCCCC(=O)C(CCCCCCCC)(CCCCCCCCCCCCCCCC)C(=O)OCCCCCCCCCCCC. The Morgan fingerprint density at radius 1 is 0.288 bits per heavy atom. The molecule has 0 saturated carbocycles. The highest BCUT2D eigenvalue weighted by molar-refractivity contribution is 6.03. The summed E-state index contributed by atoms with van der Waals surface area (Å²) in [7, 11) is 0. The molecule has 0 rings (SSSR count). The number of hydrogen-bond donors (Lipinski definition) is 0. The van der Waals surface area contributed by atoms with Gasteiger partial charge in [0.2, 0.25) is 0 Å². The van der Waals surface area contributed by atoms with Gasteiger partial charge in [0.1, 0.15) is 11.2 Å². The molecule has 0 amide bonds. The van der Waals surface area contributed by atoms with Crippen LogP contribution in [0.2, 0.25) is 0 Å². The van der Waals surface area contributed by atoms with Crippen LogP contribution in [0.3, 0.4) is 0 Å². The number of unbranched alkanes of at least 4 members (excludes halogenated alkanes) is 41. The predicted octanol–water partition coefficient (Wildman–Crippen LogP) is 19.9. The molecule has 1 atom stereocenters. The zero-order chi connectivity index (χ0) is 43.0. The average molecular weight is 831 g/mol. The van der Waals surface area contributed by atoms with Crippen molar-refractivity contribution in [2.24, 2.45) is 5.41 Å². The standard InChI is InChI=1S/C56H110O3/c1-5-9-13-17-21-24-27-29-31-32-34-36-39-42-46-50-54(57)56(51-47-43-20-16-12-8-4,55(58)59-53-49-45-41-38-26-23-19-15-11-7-3)52-48-44-40-37-35-33-30-28-25-22-18-14-10-6-2/h5-53H2,1-4H3. The van der Waals surface area contributed by atoms with Crippen molar-refractivity contribution in [3.63, 3.8) is 0 Å². The van der Waals surface area contributed by atoms with Crippen molar-refractivity contribution in [1.29, 1.82) is 0 Å². The van der Waals surface area contributed by atoms with Crippen LogP contribution in [-0.2, 0) is 14.3 Å². The zero-order valence-electron chi connectivity index (χ0n) is 41.4. The van der Waals surface area contributed by atoms with Crippen molar-refractivity contribution < 1.29 is 14.3 Å². The first-order valence-electron chi connectivity index (χ1n) is 27.8. The molecule has 3 heteroatoms. The van der Waals surface area contributed by atoms with Crippen molar-refractivity contribution in [2.45, 2.75) is 336 Å². The van der Waals surface area contributed by atoms with Gasteiger partial charge in [-0.05, 0) is 25.7 Å². The molecular weight excluding hydrogens is 721 g/mol. The summed E-state index contributed by atoms with van der Waals surface area (Å²) in [5.74, 6) is 0.0474. The minimum atomic E-state index is -0.920. The summed E-state index contributed by atoms with van der Waals surface area (Å²) < 4.78 is 6.13. The second kappa shape index (κ2) is 48.2. The predicted molar refractivity (Wildman–Crippen MR) is 263 cm³/mol. The summed E-state index contributed by atoms with van der Waals surface area (Å²) in [6.07, 6.45) is 60.1. The van der Waals surface area contributed by atoms with E-state index in [1.165, 1.54) is 238 Å². The summed E-state index contributed by atoms with van der Waals surface area (Å²) in [6.45, 7) is 9.62. The van der Waals surface area contributed by atoms with Crippen LogP contribution in [0, 0.1) is 5.41 Å². The fourth-order valence-corrected chi connectivity index (χ4v) is 9.34. The third-order valence-corrected chi connectivity index (χ3v) is 13.6. The fraction of sp³-hybridized carbons (Fsp3) is 0.964. The van der Waals surface area contributed by atoms with Gasteiger partial charge in [0.25, 0.3) is 0 Å². The lowest BCUT2D eigenvalue weighted by molar-refractivity contribution is -0.162. The van der Waals surface area contributed by atoms with E-state index in [1.807, 2.05) is 0 Å². The van der Waals surface area contributed by atoms with Gasteiger partial charge in [0.15, 0.2) is 0 Å². The number of esters is 1. The number of rotatable bonds is 51. The first-order valence-corrected chi connectivity index (χ1v) is 27.8. The van der Waals surface area contributed by atoms with Crippen LogP contribution in [-0.4, -0.2) is 18.4 Å². The highest BCUT2D eigenvalue weighted by Gasteiger charge is 2.45.